The maximum Gasteiger partial charge on any atom is 0.220 e. The zero-order valence-corrected chi connectivity index (χ0v) is 15.6. The fourth-order valence-electron chi connectivity index (χ4n) is 3.29. The number of carbonyl (C=O) groups excluding carboxylic acids is 1. The molecule has 0 bridgehead atoms. The van der Waals surface area contributed by atoms with Gasteiger partial charge >= 0.3 is 0 Å². The number of hydrogen-bond donors (Lipinski definition) is 1. The number of nitrogens with one attached hydrogen (secondary N) is 1. The van der Waals surface area contributed by atoms with Crippen molar-refractivity contribution >= 4 is 17.5 Å². The summed E-state index contributed by atoms with van der Waals surface area (Å²) in [6, 6.07) is 17.8. The standard InChI is InChI=1S/C21H25ClN2O2/c22-20-9-5-4-8-18(20)19(17-6-2-1-3-7-17)16-21(25)23-10-11-24-12-14-26-15-13-24/h1-9,19H,10-16H2,(H,23,25). The van der Waals surface area contributed by atoms with Crippen LogP contribution in [0.4, 0.5) is 0 Å². The molecule has 1 amide bonds. The fraction of sp³-hybridized carbons (Fsp3) is 0.381. The molecule has 0 radical (unpaired) electrons. The molecule has 138 valence electrons. The van der Waals surface area contributed by atoms with Crippen molar-refractivity contribution < 1.29 is 9.53 Å². The summed E-state index contributed by atoms with van der Waals surface area (Å²) in [7, 11) is 0. The summed E-state index contributed by atoms with van der Waals surface area (Å²) in [5.41, 5.74) is 2.09. The zero-order valence-electron chi connectivity index (χ0n) is 14.9. The normalized spacial score (nSPS) is 16.2. The summed E-state index contributed by atoms with van der Waals surface area (Å²) in [6.07, 6.45) is 0.386. The van der Waals surface area contributed by atoms with Crippen molar-refractivity contribution in [1.29, 1.82) is 0 Å². The molecule has 26 heavy (non-hydrogen) atoms. The van der Waals surface area contributed by atoms with Gasteiger partial charge in [-0.2, -0.15) is 0 Å². The molecule has 1 unspecified atom stereocenters. The second kappa shape index (κ2) is 9.72. The molecule has 2 aromatic carbocycles. The molecule has 2 aromatic rings. The molecule has 1 aliphatic rings. The Morgan fingerprint density at radius 2 is 1.77 bits per heavy atom. The first-order valence-corrected chi connectivity index (χ1v) is 9.48. The first-order valence-electron chi connectivity index (χ1n) is 9.10. The van der Waals surface area contributed by atoms with Gasteiger partial charge in [-0.05, 0) is 17.2 Å². The largest absolute Gasteiger partial charge is 0.379 e. The Hall–Kier alpha value is -1.88. The highest BCUT2D eigenvalue weighted by molar-refractivity contribution is 6.31. The highest BCUT2D eigenvalue weighted by atomic mass is 35.5. The number of morpholine rings is 1. The van der Waals surface area contributed by atoms with Crippen molar-refractivity contribution in [3.05, 3.63) is 70.7 Å². The summed E-state index contributed by atoms with van der Waals surface area (Å²) in [5.74, 6) is 0.000295. The van der Waals surface area contributed by atoms with Crippen molar-refractivity contribution in [3.63, 3.8) is 0 Å². The first kappa shape index (κ1) is 18.9. The molecule has 1 N–H and O–H groups in total. The van der Waals surface area contributed by atoms with Crippen LogP contribution in [0.15, 0.2) is 54.6 Å². The summed E-state index contributed by atoms with van der Waals surface area (Å²) in [6.45, 7) is 4.93. The SMILES string of the molecule is O=C(CC(c1ccccc1)c1ccccc1Cl)NCCN1CCOCC1. The van der Waals surface area contributed by atoms with Gasteiger partial charge in [0.15, 0.2) is 0 Å². The minimum atomic E-state index is -0.0479. The van der Waals surface area contributed by atoms with Crippen LogP contribution in [0.1, 0.15) is 23.5 Å². The monoisotopic (exact) mass is 372 g/mol. The van der Waals surface area contributed by atoms with E-state index in [9.17, 15) is 4.79 Å². The van der Waals surface area contributed by atoms with Crippen LogP contribution in [-0.4, -0.2) is 50.2 Å². The van der Waals surface area contributed by atoms with Gasteiger partial charge in [-0.1, -0.05) is 60.1 Å². The van der Waals surface area contributed by atoms with Gasteiger partial charge in [0.05, 0.1) is 13.2 Å². The third-order valence-corrected chi connectivity index (χ3v) is 5.07. The van der Waals surface area contributed by atoms with Gasteiger partial charge in [0.25, 0.3) is 0 Å². The summed E-state index contributed by atoms with van der Waals surface area (Å²) in [4.78, 5) is 14.9. The highest BCUT2D eigenvalue weighted by Crippen LogP contribution is 2.32. The van der Waals surface area contributed by atoms with Gasteiger partial charge in [0, 0.05) is 43.5 Å². The molecule has 1 saturated heterocycles. The van der Waals surface area contributed by atoms with Gasteiger partial charge in [-0.3, -0.25) is 9.69 Å². The lowest BCUT2D eigenvalue weighted by atomic mass is 9.88. The van der Waals surface area contributed by atoms with E-state index in [1.165, 1.54) is 0 Å². The molecule has 1 fully saturated rings. The second-order valence-electron chi connectivity index (χ2n) is 6.49. The topological polar surface area (TPSA) is 41.6 Å². The van der Waals surface area contributed by atoms with Crippen molar-refractivity contribution in [2.75, 3.05) is 39.4 Å². The minimum absolute atomic E-state index is 0.0479. The lowest BCUT2D eigenvalue weighted by molar-refractivity contribution is -0.121. The van der Waals surface area contributed by atoms with Crippen molar-refractivity contribution in [1.82, 2.24) is 10.2 Å². The molecule has 1 heterocycles. The Morgan fingerprint density at radius 1 is 1.08 bits per heavy atom. The third-order valence-electron chi connectivity index (χ3n) is 4.73. The van der Waals surface area contributed by atoms with Gasteiger partial charge in [-0.25, -0.2) is 0 Å². The Bertz CT molecular complexity index is 702. The van der Waals surface area contributed by atoms with Crippen LogP contribution in [0.3, 0.4) is 0 Å². The number of amides is 1. The highest BCUT2D eigenvalue weighted by Gasteiger charge is 2.20. The van der Waals surface area contributed by atoms with Crippen LogP contribution in [0.2, 0.25) is 5.02 Å². The predicted molar refractivity (Wildman–Crippen MR) is 105 cm³/mol. The Labute approximate surface area is 160 Å². The van der Waals surface area contributed by atoms with E-state index in [1.54, 1.807) is 0 Å². The Balaban J connectivity index is 1.62. The van der Waals surface area contributed by atoms with Gasteiger partial charge in [0.2, 0.25) is 5.91 Å². The number of nitrogens with zero attached hydrogens (tertiary/aromatic N) is 1. The van der Waals surface area contributed by atoms with Crippen LogP contribution in [0.5, 0.6) is 0 Å². The fourth-order valence-corrected chi connectivity index (χ4v) is 3.55. The molecule has 3 rings (SSSR count). The van der Waals surface area contributed by atoms with E-state index < -0.39 is 0 Å². The van der Waals surface area contributed by atoms with Crippen molar-refractivity contribution in [3.8, 4) is 0 Å². The van der Waals surface area contributed by atoms with Crippen molar-refractivity contribution in [2.24, 2.45) is 0 Å². The number of benzene rings is 2. The molecule has 0 aliphatic carbocycles. The lowest BCUT2D eigenvalue weighted by Gasteiger charge is -2.26. The molecular weight excluding hydrogens is 348 g/mol. The van der Waals surface area contributed by atoms with Gasteiger partial charge in [-0.15, -0.1) is 0 Å². The summed E-state index contributed by atoms with van der Waals surface area (Å²) >= 11 is 6.41. The van der Waals surface area contributed by atoms with Crippen LogP contribution < -0.4 is 5.32 Å². The van der Waals surface area contributed by atoms with Crippen LogP contribution in [0.25, 0.3) is 0 Å². The number of rotatable bonds is 7. The van der Waals surface area contributed by atoms with E-state index in [0.29, 0.717) is 18.0 Å². The van der Waals surface area contributed by atoms with E-state index in [4.69, 9.17) is 16.3 Å². The Kier molecular flexibility index (Phi) is 7.06. The molecule has 5 heteroatoms. The second-order valence-corrected chi connectivity index (χ2v) is 6.90. The van der Waals surface area contributed by atoms with E-state index in [1.807, 2.05) is 42.5 Å². The van der Waals surface area contributed by atoms with Crippen LogP contribution in [-0.2, 0) is 9.53 Å². The molecular formula is C21H25ClN2O2. The van der Waals surface area contributed by atoms with Gasteiger partial charge in [0.1, 0.15) is 0 Å². The molecule has 0 spiro atoms. The maximum atomic E-state index is 12.6. The Morgan fingerprint density at radius 3 is 2.50 bits per heavy atom. The smallest absolute Gasteiger partial charge is 0.220 e. The molecule has 4 nitrogen and oxygen atoms in total. The van der Waals surface area contributed by atoms with E-state index in [-0.39, 0.29) is 11.8 Å². The summed E-state index contributed by atoms with van der Waals surface area (Å²) in [5, 5.41) is 3.75. The average Bonchev–Trinajstić information content (AvgIpc) is 2.68. The molecule has 1 aliphatic heterocycles. The zero-order chi connectivity index (χ0) is 18.2. The maximum absolute atomic E-state index is 12.6. The van der Waals surface area contributed by atoms with Crippen LogP contribution >= 0.6 is 11.6 Å². The predicted octanol–water partition coefficient (Wildman–Crippen LogP) is 3.31. The number of halogens is 1. The summed E-state index contributed by atoms with van der Waals surface area (Å²) < 4.78 is 5.35. The van der Waals surface area contributed by atoms with E-state index in [0.717, 1.165) is 44.0 Å². The number of hydrogen-bond acceptors (Lipinski definition) is 3. The minimum Gasteiger partial charge on any atom is -0.379 e. The van der Waals surface area contributed by atoms with E-state index >= 15 is 0 Å². The van der Waals surface area contributed by atoms with E-state index in [2.05, 4.69) is 22.3 Å². The van der Waals surface area contributed by atoms with Gasteiger partial charge < -0.3 is 10.1 Å². The molecule has 0 saturated carbocycles. The number of carbonyl (C=O) groups is 1. The van der Waals surface area contributed by atoms with Crippen molar-refractivity contribution in [2.45, 2.75) is 12.3 Å². The first-order chi connectivity index (χ1) is 12.7. The van der Waals surface area contributed by atoms with Crippen LogP contribution in [0, 0.1) is 0 Å². The molecule has 0 aromatic heterocycles. The third kappa shape index (κ3) is 5.31. The average molecular weight is 373 g/mol. The molecule has 1 atom stereocenters. The number of ether oxygens (including phenoxy) is 1. The lowest BCUT2D eigenvalue weighted by Crippen LogP contribution is -2.41. The quantitative estimate of drug-likeness (QED) is 0.810.